The van der Waals surface area contributed by atoms with E-state index in [0.29, 0.717) is 0 Å². The number of hydrogen-bond acceptors (Lipinski definition) is 4. The molecule has 0 saturated carbocycles. The van der Waals surface area contributed by atoms with Crippen LogP contribution in [-0.4, -0.2) is 42.6 Å². The summed E-state index contributed by atoms with van der Waals surface area (Å²) in [5, 5.41) is 9.44. The normalized spacial score (nSPS) is 23.7. The van der Waals surface area contributed by atoms with Gasteiger partial charge in [-0.05, 0) is 0 Å². The van der Waals surface area contributed by atoms with Gasteiger partial charge in [-0.25, -0.2) is 0 Å². The van der Waals surface area contributed by atoms with Gasteiger partial charge in [0.05, 0.1) is 0 Å². The Labute approximate surface area is 152 Å². The molecule has 1 fully saturated rings. The molecule has 1 heterocycles. The summed E-state index contributed by atoms with van der Waals surface area (Å²) in [6, 6.07) is 0. The van der Waals surface area contributed by atoms with E-state index < -0.39 is 60.8 Å². The van der Waals surface area contributed by atoms with Crippen molar-refractivity contribution in [3.63, 3.8) is 0 Å². The van der Waals surface area contributed by atoms with Gasteiger partial charge in [0.25, 0.3) is 0 Å². The number of esters is 1. The Bertz CT molecular complexity index is 448. The van der Waals surface area contributed by atoms with E-state index >= 15 is 0 Å². The van der Waals surface area contributed by atoms with Gasteiger partial charge in [-0.3, -0.25) is 0 Å². The second-order valence-electron chi connectivity index (χ2n) is 5.49. The predicted molar refractivity (Wildman–Crippen MR) is 71.1 cm³/mol. The van der Waals surface area contributed by atoms with Crippen molar-refractivity contribution < 1.29 is 62.5 Å². The molecule has 3 unspecified atom stereocenters. The van der Waals surface area contributed by atoms with E-state index in [1.807, 2.05) is 0 Å². The molecular formula is C11H14F6I2NO3-. The summed E-state index contributed by atoms with van der Waals surface area (Å²) in [4.78, 5) is 12.1. The van der Waals surface area contributed by atoms with Gasteiger partial charge < -0.3 is 0 Å². The fraction of sp³-hybridized carbons (Fsp3) is 0.909. The molecule has 12 heteroatoms. The van der Waals surface area contributed by atoms with E-state index in [1.165, 1.54) is 6.92 Å². The van der Waals surface area contributed by atoms with Gasteiger partial charge in [0.1, 0.15) is 0 Å². The van der Waals surface area contributed by atoms with Crippen molar-refractivity contribution in [1.29, 1.82) is 0 Å². The molecule has 0 aromatic heterocycles. The van der Waals surface area contributed by atoms with Crippen LogP contribution in [0.5, 0.6) is 0 Å². The molecule has 2 N–H and O–H groups in total. The van der Waals surface area contributed by atoms with E-state index in [0.717, 1.165) is 13.8 Å². The molecule has 0 radical (unpaired) electrons. The second-order valence-corrected chi connectivity index (χ2v) is 10.2. The summed E-state index contributed by atoms with van der Waals surface area (Å²) in [5.41, 5.74) is -5.14. The monoisotopic (exact) mass is 576 g/mol. The van der Waals surface area contributed by atoms with E-state index in [4.69, 9.17) is 0 Å². The van der Waals surface area contributed by atoms with Crippen LogP contribution in [0.3, 0.4) is 0 Å². The van der Waals surface area contributed by atoms with E-state index in [1.54, 1.807) is 22.6 Å². The maximum atomic E-state index is 13.0. The zero-order valence-electron chi connectivity index (χ0n) is 12.0. The Morgan fingerprint density at radius 3 is 1.87 bits per heavy atom. The van der Waals surface area contributed by atoms with Gasteiger partial charge in [0.2, 0.25) is 0 Å². The number of rotatable bonds is 5. The van der Waals surface area contributed by atoms with E-state index in [-0.39, 0.29) is 4.05 Å². The van der Waals surface area contributed by atoms with Gasteiger partial charge in [-0.1, -0.05) is 0 Å². The van der Waals surface area contributed by atoms with Crippen molar-refractivity contribution >= 4 is 28.6 Å². The van der Waals surface area contributed by atoms with Crippen LogP contribution >= 0.6 is 22.6 Å². The molecule has 1 aliphatic rings. The first kappa shape index (κ1) is 21.5. The summed E-state index contributed by atoms with van der Waals surface area (Å²) in [7, 11) is 0. The summed E-state index contributed by atoms with van der Waals surface area (Å²) in [6.07, 6.45) is -14.9. The van der Waals surface area contributed by atoms with Crippen molar-refractivity contribution in [2.75, 3.05) is 0 Å². The van der Waals surface area contributed by atoms with Crippen LogP contribution in [-0.2, 0) is 9.53 Å². The molecule has 0 aliphatic carbocycles. The number of nitrogens with one attached hydrogen (secondary N) is 1. The quantitative estimate of drug-likeness (QED) is 0.0886. The minimum absolute atomic E-state index is 0.299. The van der Waals surface area contributed by atoms with Crippen LogP contribution in [0.25, 0.3) is 0 Å². The summed E-state index contributed by atoms with van der Waals surface area (Å²) in [5.74, 6) is -2.64. The van der Waals surface area contributed by atoms with Crippen molar-refractivity contribution in [2.45, 2.75) is 52.3 Å². The second kappa shape index (κ2) is 6.63. The molecule has 0 spiro atoms. The van der Waals surface area contributed by atoms with Gasteiger partial charge >= 0.3 is 153 Å². The molecule has 1 aliphatic heterocycles. The molecule has 3 atom stereocenters. The number of alkyl halides is 8. The topological polar surface area (TPSA) is 68.5 Å². The van der Waals surface area contributed by atoms with Gasteiger partial charge in [-0.15, -0.1) is 0 Å². The first-order chi connectivity index (χ1) is 10.1. The van der Waals surface area contributed by atoms with Gasteiger partial charge in [-0.2, -0.15) is 0 Å². The Morgan fingerprint density at radius 2 is 1.61 bits per heavy atom. The van der Waals surface area contributed by atoms with Crippen molar-refractivity contribution in [2.24, 2.45) is 5.92 Å². The average Bonchev–Trinajstić information content (AvgIpc) is 3.15. The first-order valence-electron chi connectivity index (χ1n) is 6.20. The third kappa shape index (κ3) is 4.16. The molecule has 4 nitrogen and oxygen atoms in total. The van der Waals surface area contributed by atoms with Crippen molar-refractivity contribution in [3.05, 3.63) is 0 Å². The summed E-state index contributed by atoms with van der Waals surface area (Å²) >= 11 is 1.10. The first-order valence-corrected chi connectivity index (χ1v) is 9.60. The number of aliphatic hydroxyl groups is 1. The van der Waals surface area contributed by atoms with E-state index in [9.17, 15) is 36.2 Å². The fourth-order valence-electron chi connectivity index (χ4n) is 1.76. The maximum absolute atomic E-state index is 13.0. The van der Waals surface area contributed by atoms with E-state index in [2.05, 4.69) is 8.27 Å². The average molecular weight is 576 g/mol. The summed E-state index contributed by atoms with van der Waals surface area (Å²) in [6.45, 7) is 3.37. The Hall–Kier alpha value is 0.430. The molecule has 0 aromatic rings. The predicted octanol–water partition coefficient (Wildman–Crippen LogP) is -0.463. The Kier molecular flexibility index (Phi) is 6.19. The third-order valence-electron chi connectivity index (χ3n) is 3.21. The molecule has 1 saturated heterocycles. The van der Waals surface area contributed by atoms with Crippen LogP contribution in [0.1, 0.15) is 20.8 Å². The number of halogens is 8. The van der Waals surface area contributed by atoms with Crippen molar-refractivity contribution in [1.82, 2.24) is 3.53 Å². The van der Waals surface area contributed by atoms with Crippen LogP contribution in [0.15, 0.2) is 0 Å². The Balaban J connectivity index is 3.20. The molecule has 1 rings (SSSR count). The molecule has 23 heavy (non-hydrogen) atoms. The van der Waals surface area contributed by atoms with Gasteiger partial charge in [0.15, 0.2) is 0 Å². The van der Waals surface area contributed by atoms with Crippen LogP contribution in [0.2, 0.25) is 0 Å². The minimum atomic E-state index is -6.05. The number of ether oxygens (including phenoxy) is 1. The third-order valence-corrected chi connectivity index (χ3v) is 7.96. The van der Waals surface area contributed by atoms with Crippen molar-refractivity contribution in [3.8, 4) is 0 Å². The zero-order valence-corrected chi connectivity index (χ0v) is 16.3. The van der Waals surface area contributed by atoms with Gasteiger partial charge in [0, 0.05) is 0 Å². The van der Waals surface area contributed by atoms with Crippen LogP contribution < -0.4 is 25.0 Å². The zero-order chi connectivity index (χ0) is 18.4. The molecule has 0 bridgehead atoms. The summed E-state index contributed by atoms with van der Waals surface area (Å²) < 4.78 is 83.5. The molecule has 0 aromatic carbocycles. The fourth-order valence-corrected chi connectivity index (χ4v) is 5.07. The molecule has 0 amide bonds. The SMILES string of the molecule is CC(C)C(OC(=O)C(C)(I)C1N[I-]1)C(O)(C(F)(F)F)C(F)(F)F. The van der Waals surface area contributed by atoms with Crippen LogP contribution in [0, 0.1) is 5.92 Å². The number of hydrogen-bond donors (Lipinski definition) is 2. The molecule has 138 valence electrons. The Morgan fingerprint density at radius 1 is 1.22 bits per heavy atom. The standard InChI is InChI=1S/C11H14F6I2NO3/c1-4(2)5(9(22,10(12,13)14)11(15,16)17)23-7(21)8(3,18)6-19-20-6/h4-6,20,22H,1-3H3/q-1. The number of carbonyl (C=O) groups excluding carboxylic acids is 1. The molecular weight excluding hydrogens is 562 g/mol. The van der Waals surface area contributed by atoms with Crippen LogP contribution in [0.4, 0.5) is 26.3 Å². The number of carbonyl (C=O) groups is 1.